The van der Waals surface area contributed by atoms with E-state index in [0.29, 0.717) is 0 Å². The Labute approximate surface area is 78.2 Å². The molecule has 0 aliphatic carbocycles. The van der Waals surface area contributed by atoms with Gasteiger partial charge < -0.3 is 5.11 Å². The molecule has 0 aromatic heterocycles. The first-order chi connectivity index (χ1) is 6.32. The second kappa shape index (κ2) is 5.47. The fourth-order valence-electron chi connectivity index (χ4n) is 0.701. The van der Waals surface area contributed by atoms with Crippen molar-refractivity contribution in [2.75, 3.05) is 19.7 Å². The first kappa shape index (κ1) is 13.6. The van der Waals surface area contributed by atoms with Gasteiger partial charge in [-0.1, -0.05) is 0 Å². The van der Waals surface area contributed by atoms with Gasteiger partial charge in [0.1, 0.15) is 0 Å². The SMILES string of the molecule is O=S(=O)(C(F)F)N(CCO)CC(F)F. The molecule has 1 N–H and O–H groups in total. The van der Waals surface area contributed by atoms with Crippen LogP contribution in [0.1, 0.15) is 0 Å². The van der Waals surface area contributed by atoms with Gasteiger partial charge in [0, 0.05) is 6.54 Å². The van der Waals surface area contributed by atoms with E-state index in [2.05, 4.69) is 0 Å². The van der Waals surface area contributed by atoms with Crippen molar-refractivity contribution in [3.8, 4) is 0 Å². The molecule has 0 aliphatic rings. The maximum atomic E-state index is 11.9. The summed E-state index contributed by atoms with van der Waals surface area (Å²) >= 11 is 0. The second-order valence-corrected chi connectivity index (χ2v) is 4.18. The highest BCUT2D eigenvalue weighted by Crippen LogP contribution is 2.13. The van der Waals surface area contributed by atoms with Gasteiger partial charge in [-0.05, 0) is 0 Å². The van der Waals surface area contributed by atoms with Gasteiger partial charge >= 0.3 is 5.76 Å². The molecule has 0 radical (unpaired) electrons. The number of halogens is 4. The van der Waals surface area contributed by atoms with Gasteiger partial charge in [-0.25, -0.2) is 17.2 Å². The highest BCUT2D eigenvalue weighted by molar-refractivity contribution is 7.89. The zero-order valence-corrected chi connectivity index (χ0v) is 7.72. The van der Waals surface area contributed by atoms with Crippen molar-refractivity contribution < 1.29 is 31.1 Å². The maximum Gasteiger partial charge on any atom is 0.350 e. The largest absolute Gasteiger partial charge is 0.395 e. The van der Waals surface area contributed by atoms with E-state index < -0.39 is 41.9 Å². The first-order valence-electron chi connectivity index (χ1n) is 3.48. The van der Waals surface area contributed by atoms with E-state index in [9.17, 15) is 26.0 Å². The van der Waals surface area contributed by atoms with E-state index in [0.717, 1.165) is 0 Å². The molecular formula is C5H9F4NO3S. The van der Waals surface area contributed by atoms with Gasteiger partial charge in [-0.15, -0.1) is 0 Å². The molecule has 0 bridgehead atoms. The maximum absolute atomic E-state index is 11.9. The first-order valence-corrected chi connectivity index (χ1v) is 4.98. The molecule has 0 aliphatic heterocycles. The molecule has 9 heteroatoms. The van der Waals surface area contributed by atoms with Crippen molar-refractivity contribution in [2.24, 2.45) is 0 Å². The fraction of sp³-hybridized carbons (Fsp3) is 1.00. The van der Waals surface area contributed by atoms with Crippen LogP contribution in [0.5, 0.6) is 0 Å². The van der Waals surface area contributed by atoms with Gasteiger partial charge in [0.2, 0.25) is 0 Å². The number of sulfonamides is 1. The van der Waals surface area contributed by atoms with E-state index in [1.807, 2.05) is 0 Å². The molecule has 14 heavy (non-hydrogen) atoms. The molecule has 0 spiro atoms. The van der Waals surface area contributed by atoms with Crippen LogP contribution in [0.3, 0.4) is 0 Å². The van der Waals surface area contributed by atoms with E-state index in [-0.39, 0.29) is 4.31 Å². The molecule has 0 aromatic rings. The fourth-order valence-corrected chi connectivity index (χ4v) is 1.58. The quantitative estimate of drug-likeness (QED) is 0.669. The van der Waals surface area contributed by atoms with Crippen LogP contribution in [0.25, 0.3) is 0 Å². The average molecular weight is 239 g/mol. The minimum absolute atomic E-state index is 0.137. The summed E-state index contributed by atoms with van der Waals surface area (Å²) in [5.41, 5.74) is 0. The van der Waals surface area contributed by atoms with Crippen molar-refractivity contribution in [3.05, 3.63) is 0 Å². The Hall–Kier alpha value is -0.410. The van der Waals surface area contributed by atoms with Crippen molar-refractivity contribution in [2.45, 2.75) is 12.2 Å². The van der Waals surface area contributed by atoms with Gasteiger partial charge in [0.15, 0.2) is 0 Å². The van der Waals surface area contributed by atoms with E-state index in [4.69, 9.17) is 5.11 Å². The number of nitrogens with zero attached hydrogens (tertiary/aromatic N) is 1. The minimum atomic E-state index is -5.04. The molecule has 0 amide bonds. The summed E-state index contributed by atoms with van der Waals surface area (Å²) in [5.74, 6) is -3.76. The molecule has 0 heterocycles. The van der Waals surface area contributed by atoms with Crippen LogP contribution in [0, 0.1) is 0 Å². The number of hydrogen-bond acceptors (Lipinski definition) is 3. The minimum Gasteiger partial charge on any atom is -0.395 e. The number of aliphatic hydroxyl groups is 1. The Morgan fingerprint density at radius 1 is 1.21 bits per heavy atom. The lowest BCUT2D eigenvalue weighted by molar-refractivity contribution is 0.108. The van der Waals surface area contributed by atoms with Crippen LogP contribution in [0.15, 0.2) is 0 Å². The van der Waals surface area contributed by atoms with Crippen molar-refractivity contribution >= 4 is 10.0 Å². The lowest BCUT2D eigenvalue weighted by Crippen LogP contribution is -2.40. The predicted octanol–water partition coefficient (Wildman–Crippen LogP) is 0.0982. The molecule has 0 rings (SSSR count). The normalized spacial score (nSPS) is 13.1. The molecule has 0 atom stereocenters. The summed E-state index contributed by atoms with van der Waals surface area (Å²) in [4.78, 5) is 0. The summed E-state index contributed by atoms with van der Waals surface area (Å²) in [6.07, 6.45) is -3.06. The topological polar surface area (TPSA) is 57.6 Å². The summed E-state index contributed by atoms with van der Waals surface area (Å²) in [6, 6.07) is 0. The van der Waals surface area contributed by atoms with Crippen LogP contribution < -0.4 is 0 Å². The lowest BCUT2D eigenvalue weighted by Gasteiger charge is -2.19. The van der Waals surface area contributed by atoms with Gasteiger partial charge in [0.25, 0.3) is 16.4 Å². The number of alkyl halides is 4. The Morgan fingerprint density at radius 3 is 2.00 bits per heavy atom. The number of rotatable bonds is 6. The van der Waals surface area contributed by atoms with Crippen LogP contribution in [0.2, 0.25) is 0 Å². The molecule has 0 saturated heterocycles. The highest BCUT2D eigenvalue weighted by atomic mass is 32.2. The van der Waals surface area contributed by atoms with Crippen molar-refractivity contribution in [1.82, 2.24) is 4.31 Å². The third-order valence-corrected chi connectivity index (χ3v) is 2.78. The number of aliphatic hydroxyl groups excluding tert-OH is 1. The van der Waals surface area contributed by atoms with Crippen LogP contribution in [-0.2, 0) is 10.0 Å². The summed E-state index contributed by atoms with van der Waals surface area (Å²) in [7, 11) is -5.04. The van der Waals surface area contributed by atoms with Crippen LogP contribution in [0.4, 0.5) is 17.6 Å². The summed E-state index contributed by atoms with van der Waals surface area (Å²) < 4.78 is 68.5. The van der Waals surface area contributed by atoms with Gasteiger partial charge in [-0.2, -0.15) is 13.1 Å². The number of hydrogen-bond donors (Lipinski definition) is 1. The molecule has 0 aromatic carbocycles. The molecule has 86 valence electrons. The van der Waals surface area contributed by atoms with Crippen LogP contribution >= 0.6 is 0 Å². The summed E-state index contributed by atoms with van der Waals surface area (Å²) in [5, 5.41) is 8.30. The van der Waals surface area contributed by atoms with Gasteiger partial charge in [-0.3, -0.25) is 0 Å². The Bertz CT molecular complexity index is 256. The third-order valence-electron chi connectivity index (χ3n) is 1.28. The van der Waals surface area contributed by atoms with Crippen molar-refractivity contribution in [1.29, 1.82) is 0 Å². The Balaban J connectivity index is 4.64. The monoisotopic (exact) mass is 239 g/mol. The average Bonchev–Trinajstić information content (AvgIpc) is 2.02. The molecule has 0 fully saturated rings. The molecule has 0 unspecified atom stereocenters. The Morgan fingerprint density at radius 2 is 1.71 bits per heavy atom. The second-order valence-electron chi connectivity index (χ2n) is 2.28. The third kappa shape index (κ3) is 3.76. The lowest BCUT2D eigenvalue weighted by atomic mass is 10.6. The molecule has 0 saturated carbocycles. The van der Waals surface area contributed by atoms with E-state index in [1.165, 1.54) is 0 Å². The Kier molecular flexibility index (Phi) is 5.31. The highest BCUT2D eigenvalue weighted by Gasteiger charge is 2.33. The zero-order valence-electron chi connectivity index (χ0n) is 6.91. The standard InChI is InChI=1S/C5H9F4NO3S/c6-4(7)3-10(1-2-11)14(12,13)5(8)9/h4-5,11H,1-3H2. The van der Waals surface area contributed by atoms with Gasteiger partial charge in [0.05, 0.1) is 13.2 Å². The zero-order chi connectivity index (χ0) is 11.4. The van der Waals surface area contributed by atoms with Crippen molar-refractivity contribution in [3.63, 3.8) is 0 Å². The van der Waals surface area contributed by atoms with Crippen LogP contribution in [-0.4, -0.2) is 49.7 Å². The van der Waals surface area contributed by atoms with E-state index >= 15 is 0 Å². The predicted molar refractivity (Wildman–Crippen MR) is 39.6 cm³/mol. The smallest absolute Gasteiger partial charge is 0.350 e. The molecule has 4 nitrogen and oxygen atoms in total. The van der Waals surface area contributed by atoms with E-state index in [1.54, 1.807) is 0 Å². The molecular weight excluding hydrogens is 230 g/mol. The summed E-state index contributed by atoms with van der Waals surface area (Å²) in [6.45, 7) is -2.90.